The maximum atomic E-state index is 3.94. The van der Waals surface area contributed by atoms with E-state index in [1.165, 1.54) is 0 Å². The molecule has 0 saturated heterocycles. The zero-order valence-corrected chi connectivity index (χ0v) is 6.79. The fourth-order valence-corrected chi connectivity index (χ4v) is 0.200. The molecule has 0 amide bonds. The lowest BCUT2D eigenvalue weighted by Gasteiger charge is -2.13. The smallest absolute Gasteiger partial charge is 0.0940 e. The Kier molecular flexibility index (Phi) is 2.58. The summed E-state index contributed by atoms with van der Waals surface area (Å²) in [7, 11) is 9.55. The summed E-state index contributed by atoms with van der Waals surface area (Å²) in [5.74, 6) is 0. The van der Waals surface area contributed by atoms with E-state index < -0.39 is 0 Å². The van der Waals surface area contributed by atoms with Gasteiger partial charge >= 0.3 is 0 Å². The van der Waals surface area contributed by atoms with Crippen LogP contribution >= 0.6 is 0 Å². The van der Waals surface area contributed by atoms with E-state index in [2.05, 4.69) is 10.4 Å². The fraction of sp³-hybridized carbons (Fsp3) is 1.00. The molecule has 0 heterocycles. The fourth-order valence-electron chi connectivity index (χ4n) is 0.200. The summed E-state index contributed by atoms with van der Waals surface area (Å²) in [6.45, 7) is 0. The summed E-state index contributed by atoms with van der Waals surface area (Å²) in [5.41, 5.74) is 0. The minimum Gasteiger partial charge on any atom is -0.280 e. The van der Waals surface area contributed by atoms with Gasteiger partial charge in [-0.25, -0.2) is 0 Å². The molecule has 0 aromatic rings. The van der Waals surface area contributed by atoms with Gasteiger partial charge in [0.05, 0.1) is 21.1 Å². The van der Waals surface area contributed by atoms with Crippen LogP contribution in [0.3, 0.4) is 0 Å². The lowest BCUT2D eigenvalue weighted by molar-refractivity contribution is -0.883. The molecule has 0 aromatic heterocycles. The number of rotatable bonds is 2. The Hall–Kier alpha value is -0.640. The molecule has 0 N–H and O–H groups in total. The van der Waals surface area contributed by atoms with E-state index in [1.807, 2.05) is 35.2 Å². The largest absolute Gasteiger partial charge is 0.280 e. The molecule has 4 heteroatoms. The van der Waals surface area contributed by atoms with Crippen molar-refractivity contribution in [3.63, 3.8) is 0 Å². The molecule has 0 fully saturated rings. The van der Waals surface area contributed by atoms with E-state index in [4.69, 9.17) is 0 Å². The van der Waals surface area contributed by atoms with Crippen molar-refractivity contribution in [2.75, 3.05) is 35.2 Å². The number of nitrogens with zero attached hydrogens (tertiary/aromatic N) is 4. The van der Waals surface area contributed by atoms with Gasteiger partial charge in [-0.2, -0.15) is 4.59 Å². The monoisotopic (exact) mass is 131 g/mol. The minimum absolute atomic E-state index is 0.512. The van der Waals surface area contributed by atoms with Gasteiger partial charge in [-0.15, -0.1) is 0 Å². The van der Waals surface area contributed by atoms with Crippen LogP contribution in [0.25, 0.3) is 0 Å². The molecule has 4 nitrogen and oxygen atoms in total. The molecule has 0 aliphatic heterocycles. The minimum atomic E-state index is 0.512. The van der Waals surface area contributed by atoms with E-state index in [1.54, 1.807) is 5.01 Å². The van der Waals surface area contributed by atoms with Crippen molar-refractivity contribution in [2.45, 2.75) is 0 Å². The van der Waals surface area contributed by atoms with Crippen molar-refractivity contribution >= 4 is 0 Å². The van der Waals surface area contributed by atoms with E-state index in [-0.39, 0.29) is 0 Å². The quantitative estimate of drug-likeness (QED) is 0.305. The molecule has 0 rings (SSSR count). The molecule has 0 atom stereocenters. The predicted octanol–water partition coefficient (Wildman–Crippen LogP) is 0.536. The lowest BCUT2D eigenvalue weighted by Crippen LogP contribution is -2.27. The van der Waals surface area contributed by atoms with Crippen LogP contribution in [0.15, 0.2) is 10.4 Å². The molecular weight excluding hydrogens is 116 g/mol. The molecule has 0 saturated carbocycles. The van der Waals surface area contributed by atoms with Crippen molar-refractivity contribution in [3.05, 3.63) is 0 Å². The topological polar surface area (TPSA) is 28.0 Å². The van der Waals surface area contributed by atoms with Crippen LogP contribution in [-0.2, 0) is 0 Å². The second-order valence-corrected chi connectivity index (χ2v) is 2.97. The Morgan fingerprint density at radius 3 is 1.67 bits per heavy atom. The zero-order chi connectivity index (χ0) is 7.49. The Labute approximate surface area is 56.3 Å². The molecule has 9 heavy (non-hydrogen) atoms. The Morgan fingerprint density at radius 1 is 1.11 bits per heavy atom. The van der Waals surface area contributed by atoms with Crippen molar-refractivity contribution in [1.82, 2.24) is 5.01 Å². The standard InChI is InChI=1S/C5H15N4/c1-8(2)6-7-9(3,4)5/h1-5H3/q+1/b7-6+. The van der Waals surface area contributed by atoms with Gasteiger partial charge in [0.25, 0.3) is 0 Å². The van der Waals surface area contributed by atoms with Crippen LogP contribution in [0.1, 0.15) is 0 Å². The van der Waals surface area contributed by atoms with Crippen molar-refractivity contribution < 1.29 is 4.59 Å². The zero-order valence-electron chi connectivity index (χ0n) is 6.79. The van der Waals surface area contributed by atoms with Gasteiger partial charge in [-0.1, -0.05) is 0 Å². The normalized spacial score (nSPS) is 12.6. The Balaban J connectivity index is 3.71. The highest BCUT2D eigenvalue weighted by Crippen LogP contribution is 1.92. The maximum Gasteiger partial charge on any atom is 0.0940 e. The summed E-state index contributed by atoms with van der Waals surface area (Å²) in [4.78, 5) is 0. The second-order valence-electron chi connectivity index (χ2n) is 2.97. The first-order chi connectivity index (χ1) is 3.92. The third-order valence-corrected chi connectivity index (χ3v) is 0.487. The molecule has 0 bridgehead atoms. The summed E-state index contributed by atoms with van der Waals surface area (Å²) >= 11 is 0. The van der Waals surface area contributed by atoms with Gasteiger partial charge in [-0.3, -0.25) is 5.01 Å². The first-order valence-corrected chi connectivity index (χ1v) is 2.84. The highest BCUT2D eigenvalue weighted by molar-refractivity contribution is 4.12. The van der Waals surface area contributed by atoms with Crippen LogP contribution < -0.4 is 0 Å². The molecule has 0 aliphatic carbocycles. The Bertz CT molecular complexity index is 100. The molecule has 0 aromatic carbocycles. The maximum absolute atomic E-state index is 3.94. The van der Waals surface area contributed by atoms with Crippen molar-refractivity contribution in [3.8, 4) is 0 Å². The summed E-state index contributed by atoms with van der Waals surface area (Å²) < 4.78 is 0.512. The third-order valence-electron chi connectivity index (χ3n) is 0.487. The van der Waals surface area contributed by atoms with Crippen molar-refractivity contribution in [2.24, 2.45) is 10.4 Å². The van der Waals surface area contributed by atoms with Gasteiger partial charge in [0.15, 0.2) is 0 Å². The first-order valence-electron chi connectivity index (χ1n) is 2.84. The highest BCUT2D eigenvalue weighted by Gasteiger charge is 2.02. The summed E-state index contributed by atoms with van der Waals surface area (Å²) in [6.07, 6.45) is 0. The van der Waals surface area contributed by atoms with Gasteiger partial charge in [-0.05, 0) is 5.22 Å². The van der Waals surface area contributed by atoms with E-state index in [9.17, 15) is 0 Å². The van der Waals surface area contributed by atoms with Crippen LogP contribution in [0.2, 0.25) is 0 Å². The van der Waals surface area contributed by atoms with Gasteiger partial charge < -0.3 is 0 Å². The first kappa shape index (κ1) is 8.36. The van der Waals surface area contributed by atoms with Crippen LogP contribution in [-0.4, -0.2) is 44.8 Å². The predicted molar refractivity (Wildman–Crippen MR) is 36.6 cm³/mol. The number of hydrogen-bond donors (Lipinski definition) is 0. The van der Waals surface area contributed by atoms with Gasteiger partial charge in [0.2, 0.25) is 0 Å². The van der Waals surface area contributed by atoms with Gasteiger partial charge in [0, 0.05) is 19.3 Å². The van der Waals surface area contributed by atoms with Crippen molar-refractivity contribution in [1.29, 1.82) is 0 Å². The highest BCUT2D eigenvalue weighted by atomic mass is 15.7. The average Bonchev–Trinajstić information content (AvgIpc) is 1.59. The second kappa shape index (κ2) is 2.77. The van der Waals surface area contributed by atoms with Gasteiger partial charge in [0.1, 0.15) is 0 Å². The van der Waals surface area contributed by atoms with E-state index in [0.29, 0.717) is 4.59 Å². The molecule has 0 aliphatic rings. The molecular formula is C5H15N4+. The average molecular weight is 131 g/mol. The number of quaternary nitrogens is 1. The van der Waals surface area contributed by atoms with Crippen LogP contribution in [0, 0.1) is 0 Å². The van der Waals surface area contributed by atoms with Crippen LogP contribution in [0.5, 0.6) is 0 Å². The number of hydrogen-bond acceptors (Lipinski definition) is 2. The van der Waals surface area contributed by atoms with E-state index >= 15 is 0 Å². The molecule has 0 radical (unpaired) electrons. The lowest BCUT2D eigenvalue weighted by atomic mass is 10.9. The Morgan fingerprint density at radius 2 is 1.56 bits per heavy atom. The van der Waals surface area contributed by atoms with Crippen LogP contribution in [0.4, 0.5) is 0 Å². The summed E-state index contributed by atoms with van der Waals surface area (Å²) in [5, 5.41) is 9.44. The van der Waals surface area contributed by atoms with E-state index in [0.717, 1.165) is 0 Å². The third kappa shape index (κ3) is 7.36. The summed E-state index contributed by atoms with van der Waals surface area (Å²) in [6, 6.07) is 0. The molecule has 0 spiro atoms. The SMILES string of the molecule is CN(C)/N=N/[N+](C)(C)C. The molecule has 54 valence electrons. The molecule has 0 unspecified atom stereocenters.